The lowest BCUT2D eigenvalue weighted by Crippen LogP contribution is -2.33. The molecular formula is C15H25NO. The highest BCUT2D eigenvalue weighted by atomic mass is 16.5. The Morgan fingerprint density at radius 1 is 1.41 bits per heavy atom. The maximum atomic E-state index is 5.82. The molecule has 2 heteroatoms. The summed E-state index contributed by atoms with van der Waals surface area (Å²) in [6.45, 7) is 0.917. The summed E-state index contributed by atoms with van der Waals surface area (Å²) in [6, 6.07) is 0.472. The monoisotopic (exact) mass is 235 g/mol. The summed E-state index contributed by atoms with van der Waals surface area (Å²) in [5.74, 6) is 4.27. The van der Waals surface area contributed by atoms with Gasteiger partial charge in [0.1, 0.15) is 5.76 Å². The van der Waals surface area contributed by atoms with Crippen LogP contribution in [-0.2, 0) is 4.74 Å². The van der Waals surface area contributed by atoms with Gasteiger partial charge in [-0.1, -0.05) is 6.42 Å². The molecule has 3 rings (SSSR count). The quantitative estimate of drug-likeness (QED) is 0.808. The van der Waals surface area contributed by atoms with E-state index >= 15 is 0 Å². The van der Waals surface area contributed by atoms with E-state index in [2.05, 4.69) is 18.4 Å². The van der Waals surface area contributed by atoms with Crippen molar-refractivity contribution < 1.29 is 4.74 Å². The van der Waals surface area contributed by atoms with Gasteiger partial charge in [-0.2, -0.15) is 0 Å². The van der Waals surface area contributed by atoms with Gasteiger partial charge in [0.2, 0.25) is 0 Å². The summed E-state index contributed by atoms with van der Waals surface area (Å²) in [7, 11) is 2.08. The second-order valence-corrected chi connectivity index (χ2v) is 6.11. The van der Waals surface area contributed by atoms with Crippen molar-refractivity contribution in [2.45, 2.75) is 51.0 Å². The van der Waals surface area contributed by atoms with Gasteiger partial charge in [0.25, 0.3) is 0 Å². The predicted molar refractivity (Wildman–Crippen MR) is 69.7 cm³/mol. The van der Waals surface area contributed by atoms with Gasteiger partial charge in [-0.05, 0) is 69.4 Å². The Morgan fingerprint density at radius 2 is 2.35 bits per heavy atom. The van der Waals surface area contributed by atoms with Gasteiger partial charge in [0.15, 0.2) is 0 Å². The number of nitrogens with one attached hydrogen (secondary N) is 1. The molecule has 0 aromatic rings. The van der Waals surface area contributed by atoms with Crippen molar-refractivity contribution in [2.24, 2.45) is 17.8 Å². The van der Waals surface area contributed by atoms with Crippen molar-refractivity contribution in [3.8, 4) is 0 Å². The fraction of sp³-hybridized carbons (Fsp3) is 0.867. The van der Waals surface area contributed by atoms with Crippen LogP contribution in [0.2, 0.25) is 0 Å². The van der Waals surface area contributed by atoms with Crippen LogP contribution < -0.4 is 5.32 Å². The number of likely N-dealkylation sites (N-methyl/N-ethyl adjacent to an activating group) is 1. The molecule has 0 radical (unpaired) electrons. The number of rotatable bonds is 4. The minimum Gasteiger partial charge on any atom is -0.497 e. The molecule has 0 saturated heterocycles. The zero-order valence-electron chi connectivity index (χ0n) is 11.0. The highest BCUT2D eigenvalue weighted by Gasteiger charge is 2.40. The van der Waals surface area contributed by atoms with Crippen LogP contribution in [0.25, 0.3) is 0 Å². The summed E-state index contributed by atoms with van der Waals surface area (Å²) in [5, 5.41) is 3.46. The number of hydrogen-bond donors (Lipinski definition) is 1. The summed E-state index contributed by atoms with van der Waals surface area (Å²) < 4.78 is 5.82. The number of allylic oxidation sites excluding steroid dienone is 1. The maximum Gasteiger partial charge on any atom is 0.109 e. The lowest BCUT2D eigenvalue weighted by Gasteiger charge is -2.29. The standard InChI is InChI=1S/C15H25NO/c1-16-14(15-4-2-3-7-17-15)10-13-9-11-5-6-12(13)8-11/h4,11-14,16H,2-3,5-10H2,1H3. The molecule has 17 heavy (non-hydrogen) atoms. The van der Waals surface area contributed by atoms with E-state index in [4.69, 9.17) is 4.74 Å². The summed E-state index contributed by atoms with van der Waals surface area (Å²) >= 11 is 0. The van der Waals surface area contributed by atoms with Crippen LogP contribution in [0.1, 0.15) is 44.9 Å². The minimum absolute atomic E-state index is 0.472. The van der Waals surface area contributed by atoms with E-state index in [1.807, 2.05) is 0 Å². The summed E-state index contributed by atoms with van der Waals surface area (Å²) in [4.78, 5) is 0. The first-order chi connectivity index (χ1) is 8.36. The lowest BCUT2D eigenvalue weighted by molar-refractivity contribution is 0.156. The Labute approximate surface area is 105 Å². The van der Waals surface area contributed by atoms with Crippen LogP contribution in [0.4, 0.5) is 0 Å². The lowest BCUT2D eigenvalue weighted by atomic mass is 9.83. The van der Waals surface area contributed by atoms with Crippen molar-refractivity contribution in [1.29, 1.82) is 0 Å². The molecule has 1 N–H and O–H groups in total. The molecule has 1 aliphatic heterocycles. The van der Waals surface area contributed by atoms with Gasteiger partial charge in [-0.3, -0.25) is 0 Å². The average molecular weight is 235 g/mol. The zero-order valence-corrected chi connectivity index (χ0v) is 11.0. The molecule has 0 amide bonds. The van der Waals surface area contributed by atoms with Crippen molar-refractivity contribution >= 4 is 0 Å². The summed E-state index contributed by atoms with van der Waals surface area (Å²) in [6.07, 6.45) is 12.0. The largest absolute Gasteiger partial charge is 0.497 e. The van der Waals surface area contributed by atoms with Crippen LogP contribution in [0.3, 0.4) is 0 Å². The summed E-state index contributed by atoms with van der Waals surface area (Å²) in [5.41, 5.74) is 0. The second-order valence-electron chi connectivity index (χ2n) is 6.11. The van der Waals surface area contributed by atoms with Gasteiger partial charge < -0.3 is 10.1 Å². The first-order valence-corrected chi connectivity index (χ1v) is 7.37. The zero-order chi connectivity index (χ0) is 11.7. The highest BCUT2D eigenvalue weighted by molar-refractivity contribution is 5.07. The van der Waals surface area contributed by atoms with Gasteiger partial charge in [0.05, 0.1) is 12.6 Å². The highest BCUT2D eigenvalue weighted by Crippen LogP contribution is 2.50. The third-order valence-corrected chi connectivity index (χ3v) is 5.08. The van der Waals surface area contributed by atoms with Crippen molar-refractivity contribution in [2.75, 3.05) is 13.7 Å². The van der Waals surface area contributed by atoms with E-state index < -0.39 is 0 Å². The molecule has 4 unspecified atom stereocenters. The van der Waals surface area contributed by atoms with E-state index in [1.165, 1.54) is 50.7 Å². The Bertz CT molecular complexity index is 299. The Balaban J connectivity index is 1.60. The molecular weight excluding hydrogens is 210 g/mol. The van der Waals surface area contributed by atoms with E-state index in [-0.39, 0.29) is 0 Å². The van der Waals surface area contributed by atoms with Crippen LogP contribution >= 0.6 is 0 Å². The Hall–Kier alpha value is -0.500. The normalized spacial score (nSPS) is 37.7. The topological polar surface area (TPSA) is 21.3 Å². The molecule has 2 aliphatic carbocycles. The molecule has 2 saturated carbocycles. The SMILES string of the molecule is CNC(CC1CC2CCC1C2)C1=CCCCO1. The molecule has 2 bridgehead atoms. The molecule has 0 spiro atoms. The average Bonchev–Trinajstić information content (AvgIpc) is 2.99. The maximum absolute atomic E-state index is 5.82. The third-order valence-electron chi connectivity index (χ3n) is 5.08. The predicted octanol–water partition coefficient (Wildman–Crippen LogP) is 3.10. The fourth-order valence-corrected chi connectivity index (χ4v) is 4.16. The molecule has 96 valence electrons. The molecule has 0 aromatic carbocycles. The number of hydrogen-bond acceptors (Lipinski definition) is 2. The molecule has 2 nitrogen and oxygen atoms in total. The first kappa shape index (κ1) is 11.6. The van der Waals surface area contributed by atoms with E-state index in [0.29, 0.717) is 6.04 Å². The molecule has 1 heterocycles. The van der Waals surface area contributed by atoms with Crippen LogP contribution in [0, 0.1) is 17.8 Å². The van der Waals surface area contributed by atoms with Crippen LogP contribution in [-0.4, -0.2) is 19.7 Å². The third kappa shape index (κ3) is 2.37. The van der Waals surface area contributed by atoms with Gasteiger partial charge >= 0.3 is 0 Å². The smallest absolute Gasteiger partial charge is 0.109 e. The van der Waals surface area contributed by atoms with Crippen molar-refractivity contribution in [3.63, 3.8) is 0 Å². The van der Waals surface area contributed by atoms with Gasteiger partial charge in [-0.25, -0.2) is 0 Å². The van der Waals surface area contributed by atoms with E-state index in [9.17, 15) is 0 Å². The van der Waals surface area contributed by atoms with Gasteiger partial charge in [0, 0.05) is 0 Å². The van der Waals surface area contributed by atoms with Gasteiger partial charge in [-0.15, -0.1) is 0 Å². The van der Waals surface area contributed by atoms with Crippen LogP contribution in [0.5, 0.6) is 0 Å². The molecule has 4 atom stereocenters. The first-order valence-electron chi connectivity index (χ1n) is 7.37. The number of fused-ring (bicyclic) bond motifs is 2. The molecule has 2 fully saturated rings. The fourth-order valence-electron chi connectivity index (χ4n) is 4.16. The Kier molecular flexibility index (Phi) is 3.41. The Morgan fingerprint density at radius 3 is 2.94 bits per heavy atom. The molecule has 3 aliphatic rings. The van der Waals surface area contributed by atoms with E-state index in [1.54, 1.807) is 0 Å². The second kappa shape index (κ2) is 5.01. The van der Waals surface area contributed by atoms with E-state index in [0.717, 1.165) is 24.4 Å². The minimum atomic E-state index is 0.472. The van der Waals surface area contributed by atoms with Crippen LogP contribution in [0.15, 0.2) is 11.8 Å². The number of ether oxygens (including phenoxy) is 1. The molecule has 0 aromatic heterocycles. The van der Waals surface area contributed by atoms with Crippen molar-refractivity contribution in [3.05, 3.63) is 11.8 Å². The van der Waals surface area contributed by atoms with Crippen molar-refractivity contribution in [1.82, 2.24) is 5.32 Å².